The number of rotatable bonds is 5. The van der Waals surface area contributed by atoms with Crippen molar-refractivity contribution in [2.45, 2.75) is 58.3 Å². The molecule has 4 heterocycles. The summed E-state index contributed by atoms with van der Waals surface area (Å²) < 4.78 is 7.93. The number of aromatic nitrogens is 1. The highest BCUT2D eigenvalue weighted by molar-refractivity contribution is 7.25. The zero-order chi connectivity index (χ0) is 43.8. The Morgan fingerprint density at radius 3 is 1.98 bits per heavy atom. The maximum atomic E-state index is 6.63. The van der Waals surface area contributed by atoms with Crippen LogP contribution in [-0.2, 0) is 10.8 Å². The minimum absolute atomic E-state index is 0.0241. The van der Waals surface area contributed by atoms with Crippen molar-refractivity contribution in [3.05, 3.63) is 180 Å². The Balaban J connectivity index is 1.16. The van der Waals surface area contributed by atoms with Crippen LogP contribution in [0.1, 0.15) is 57.2 Å². The fourth-order valence-corrected chi connectivity index (χ4v) is 12.3. The molecule has 6 heteroatoms. The van der Waals surface area contributed by atoms with Gasteiger partial charge in [-0.25, -0.2) is 0 Å². The molecule has 2 aliphatic rings. The van der Waals surface area contributed by atoms with E-state index in [1.807, 2.05) is 11.3 Å². The Bertz CT molecular complexity index is 3690. The number of H-pyrrole nitrogens is 1. The second-order valence-electron chi connectivity index (χ2n) is 19.5. The number of hydrogen-bond acceptors (Lipinski definition) is 4. The molecule has 3 aromatic heterocycles. The van der Waals surface area contributed by atoms with Crippen LogP contribution in [0.4, 0.5) is 34.1 Å². The number of nitrogens with one attached hydrogen (secondary N) is 1. The van der Waals surface area contributed by atoms with E-state index in [0.717, 1.165) is 73.3 Å². The molecular formula is C59H47BN3OS. The highest BCUT2D eigenvalue weighted by Gasteiger charge is 2.39. The Kier molecular flexibility index (Phi) is 8.28. The molecule has 0 saturated carbocycles. The monoisotopic (exact) mass is 856 g/mol. The molecule has 8 aromatic carbocycles. The predicted molar refractivity (Wildman–Crippen MR) is 278 cm³/mol. The molecule has 13 rings (SSSR count). The second kappa shape index (κ2) is 14.0. The number of fused-ring (bicyclic) bond motifs is 11. The fraction of sp³-hybridized carbons (Fsp3) is 0.153. The molecule has 1 radical (unpaired) electrons. The van der Waals surface area contributed by atoms with Crippen molar-refractivity contribution in [3.8, 4) is 11.1 Å². The number of aromatic amines is 1. The summed E-state index contributed by atoms with van der Waals surface area (Å²) in [5.41, 5.74) is 18.6. The number of nitrogens with zero attached hydrogens (tertiary/aromatic N) is 2. The minimum Gasteiger partial charge on any atom is -0.456 e. The summed E-state index contributed by atoms with van der Waals surface area (Å²) in [7, 11) is 2.42. The largest absolute Gasteiger partial charge is 0.456 e. The van der Waals surface area contributed by atoms with Gasteiger partial charge in [0.25, 0.3) is 0 Å². The van der Waals surface area contributed by atoms with Crippen molar-refractivity contribution in [2.24, 2.45) is 0 Å². The molecule has 0 saturated heterocycles. The van der Waals surface area contributed by atoms with E-state index in [1.165, 1.54) is 65.5 Å². The Morgan fingerprint density at radius 1 is 0.569 bits per heavy atom. The number of benzene rings is 8. The van der Waals surface area contributed by atoms with E-state index < -0.39 is 0 Å². The molecule has 0 unspecified atom stereocenters. The van der Waals surface area contributed by atoms with Gasteiger partial charge in [-0.1, -0.05) is 130 Å². The quantitative estimate of drug-likeness (QED) is 0.175. The van der Waals surface area contributed by atoms with Crippen molar-refractivity contribution >= 4 is 117 Å². The molecule has 0 bridgehead atoms. The van der Waals surface area contributed by atoms with E-state index in [4.69, 9.17) is 4.42 Å². The van der Waals surface area contributed by atoms with Crippen LogP contribution in [0.3, 0.4) is 0 Å². The maximum Gasteiger partial charge on any atom is 0.198 e. The zero-order valence-electron chi connectivity index (χ0n) is 37.3. The molecule has 1 aliphatic carbocycles. The van der Waals surface area contributed by atoms with Crippen LogP contribution in [0.15, 0.2) is 168 Å². The fourth-order valence-electron chi connectivity index (χ4n) is 11.1. The first-order valence-corrected chi connectivity index (χ1v) is 23.7. The molecular weight excluding hydrogens is 810 g/mol. The standard InChI is InChI=1S/C59H47BN3OS/c1-35-29-45-46(59(4,5)28-27-58(45,2)3)33-48(35)63-49-32-43-39-21-12-14-25-51(39)64-52(43)34-47(49)60-55-44(40-23-16-24-42-54-41-22-13-15-26-53(41)65-57(54)61-56(40)42)30-38(31-50(55)63)62(36-17-8-6-9-18-36)37-19-10-7-11-20-37/h6-26,29-34,61H,27-28H2,1-5H3. The Morgan fingerprint density at radius 2 is 1.23 bits per heavy atom. The first-order chi connectivity index (χ1) is 31.6. The average Bonchev–Trinajstić information content (AvgIpc) is 3.99. The smallest absolute Gasteiger partial charge is 0.198 e. The lowest BCUT2D eigenvalue weighted by Gasteiger charge is -2.44. The topological polar surface area (TPSA) is 35.4 Å². The van der Waals surface area contributed by atoms with E-state index in [9.17, 15) is 0 Å². The molecule has 0 atom stereocenters. The zero-order valence-corrected chi connectivity index (χ0v) is 38.1. The average molecular weight is 857 g/mol. The van der Waals surface area contributed by atoms with Gasteiger partial charge in [0.1, 0.15) is 16.0 Å². The summed E-state index contributed by atoms with van der Waals surface area (Å²) in [4.78, 5) is 10.2. The summed E-state index contributed by atoms with van der Waals surface area (Å²) in [6.45, 7) is 12.0. The van der Waals surface area contributed by atoms with Gasteiger partial charge >= 0.3 is 0 Å². The van der Waals surface area contributed by atoms with Crippen LogP contribution in [0.5, 0.6) is 0 Å². The SMILES string of the molecule is Cc1cc2c(cc1N1c3cc4c(cc3[B]c3c(-c5cccc6c5[nH]c5sc7ccccc7c56)cc(N(c5ccccc5)c5ccccc5)cc31)oc1ccccc14)C(C)(C)CCC2(C)C. The van der Waals surface area contributed by atoms with Gasteiger partial charge in [0.15, 0.2) is 7.28 Å². The number of aryl methyl sites for hydroxylation is 1. The highest BCUT2D eigenvalue weighted by Crippen LogP contribution is 2.51. The molecule has 11 aromatic rings. The van der Waals surface area contributed by atoms with E-state index in [-0.39, 0.29) is 10.8 Å². The van der Waals surface area contributed by atoms with Gasteiger partial charge in [-0.3, -0.25) is 0 Å². The third-order valence-corrected chi connectivity index (χ3v) is 15.7. The third-order valence-electron chi connectivity index (χ3n) is 14.6. The predicted octanol–water partition coefficient (Wildman–Crippen LogP) is 15.7. The van der Waals surface area contributed by atoms with Crippen molar-refractivity contribution < 1.29 is 4.42 Å². The van der Waals surface area contributed by atoms with Crippen molar-refractivity contribution in [1.29, 1.82) is 0 Å². The van der Waals surface area contributed by atoms with E-state index >= 15 is 0 Å². The van der Waals surface area contributed by atoms with Crippen LogP contribution in [0.25, 0.3) is 64.3 Å². The first-order valence-electron chi connectivity index (χ1n) is 22.9. The molecule has 4 nitrogen and oxygen atoms in total. The van der Waals surface area contributed by atoms with Crippen LogP contribution in [-0.4, -0.2) is 12.3 Å². The van der Waals surface area contributed by atoms with E-state index in [0.29, 0.717) is 0 Å². The summed E-state index contributed by atoms with van der Waals surface area (Å²) in [5, 5.41) is 6.07. The summed E-state index contributed by atoms with van der Waals surface area (Å²) >= 11 is 1.84. The second-order valence-corrected chi connectivity index (χ2v) is 20.6. The summed E-state index contributed by atoms with van der Waals surface area (Å²) in [6, 6.07) is 60.3. The van der Waals surface area contributed by atoms with Gasteiger partial charge in [0, 0.05) is 71.3 Å². The van der Waals surface area contributed by atoms with Gasteiger partial charge in [-0.2, -0.15) is 0 Å². The normalized spacial score (nSPS) is 15.1. The minimum atomic E-state index is 0.0241. The number of furan rings is 1. The number of anilines is 6. The van der Waals surface area contributed by atoms with Crippen molar-refractivity contribution in [3.63, 3.8) is 0 Å². The van der Waals surface area contributed by atoms with E-state index in [1.54, 1.807) is 0 Å². The first kappa shape index (κ1) is 38.4. The molecule has 0 fully saturated rings. The maximum absolute atomic E-state index is 6.63. The number of hydrogen-bond donors (Lipinski definition) is 1. The van der Waals surface area contributed by atoms with Gasteiger partial charge in [-0.15, -0.1) is 11.3 Å². The number of para-hydroxylation sites is 4. The van der Waals surface area contributed by atoms with Gasteiger partial charge < -0.3 is 19.2 Å². The van der Waals surface area contributed by atoms with E-state index in [2.05, 4.69) is 220 Å². The Hall–Kier alpha value is -7.02. The Labute approximate surface area is 384 Å². The summed E-state index contributed by atoms with van der Waals surface area (Å²) in [6.07, 6.45) is 2.31. The molecule has 1 N–H and O–H groups in total. The van der Waals surface area contributed by atoms with Gasteiger partial charge in [0.2, 0.25) is 0 Å². The third kappa shape index (κ3) is 5.82. The lowest BCUT2D eigenvalue weighted by molar-refractivity contribution is 0.332. The van der Waals surface area contributed by atoms with Gasteiger partial charge in [-0.05, 0) is 125 Å². The molecule has 0 amide bonds. The molecule has 65 heavy (non-hydrogen) atoms. The van der Waals surface area contributed by atoms with Crippen LogP contribution in [0.2, 0.25) is 0 Å². The van der Waals surface area contributed by atoms with Crippen molar-refractivity contribution in [1.82, 2.24) is 4.98 Å². The van der Waals surface area contributed by atoms with Crippen LogP contribution < -0.4 is 20.7 Å². The summed E-state index contributed by atoms with van der Waals surface area (Å²) in [5.74, 6) is 0. The lowest BCUT2D eigenvalue weighted by Crippen LogP contribution is -2.41. The molecule has 313 valence electrons. The van der Waals surface area contributed by atoms with Crippen LogP contribution >= 0.6 is 11.3 Å². The highest BCUT2D eigenvalue weighted by atomic mass is 32.1. The van der Waals surface area contributed by atoms with Gasteiger partial charge in [0.05, 0.1) is 5.52 Å². The molecule has 0 spiro atoms. The number of thiophene rings is 1. The molecule has 1 aliphatic heterocycles. The van der Waals surface area contributed by atoms with Crippen molar-refractivity contribution in [2.75, 3.05) is 9.80 Å². The van der Waals surface area contributed by atoms with Crippen LogP contribution in [0, 0.1) is 6.92 Å². The lowest BCUT2D eigenvalue weighted by atomic mass is 9.58.